The fourth-order valence-corrected chi connectivity index (χ4v) is 16.2. The average Bonchev–Trinajstić information content (AvgIpc) is 1.53. The number of pyridine rings is 4. The van der Waals surface area contributed by atoms with Crippen molar-refractivity contribution in [2.75, 3.05) is 33.7 Å². The van der Waals surface area contributed by atoms with Crippen molar-refractivity contribution in [2.24, 2.45) is 0 Å². The first-order chi connectivity index (χ1) is 46.5. The molecule has 0 amide bonds. The number of anilines is 4. The van der Waals surface area contributed by atoms with Gasteiger partial charge in [0.2, 0.25) is 0 Å². The molecule has 0 fully saturated rings. The monoisotopic (exact) mass is 1600 g/mol. The van der Waals surface area contributed by atoms with E-state index >= 15 is 0 Å². The molecule has 0 saturated heterocycles. The first kappa shape index (κ1) is 58.9. The van der Waals surface area contributed by atoms with Gasteiger partial charge in [0.25, 0.3) is 0 Å². The van der Waals surface area contributed by atoms with Gasteiger partial charge in [0, 0.05) is 125 Å². The number of nitrogens with zero attached hydrogens (tertiary/aromatic N) is 16. The van der Waals surface area contributed by atoms with Gasteiger partial charge in [-0.15, -0.1) is 22.3 Å². The summed E-state index contributed by atoms with van der Waals surface area (Å²) in [4.78, 5) is 48.0. The topological polar surface area (TPSA) is 170 Å². The van der Waals surface area contributed by atoms with Gasteiger partial charge in [0.1, 0.15) is 23.3 Å². The zero-order chi connectivity index (χ0) is 62.3. The predicted octanol–water partition coefficient (Wildman–Crippen LogP) is 12.3. The molecule has 468 valence electrons. The first-order valence-corrected chi connectivity index (χ1v) is 31.0. The van der Waals surface area contributed by atoms with Gasteiger partial charge in [-0.3, -0.25) is 19.9 Å². The summed E-state index contributed by atoms with van der Waals surface area (Å²) in [7, 11) is 4.01. The summed E-state index contributed by atoms with van der Waals surface area (Å²) in [5.74, 6) is 3.04. The van der Waals surface area contributed by atoms with Crippen LogP contribution >= 0.6 is 0 Å². The van der Waals surface area contributed by atoms with E-state index in [1.165, 1.54) is 0 Å². The Morgan fingerprint density at radius 1 is 0.312 bits per heavy atom. The van der Waals surface area contributed by atoms with E-state index in [2.05, 4.69) is 203 Å². The van der Waals surface area contributed by atoms with Crippen molar-refractivity contribution < 1.29 is 42.1 Å². The third-order valence-corrected chi connectivity index (χ3v) is 19.7. The van der Waals surface area contributed by atoms with E-state index in [-0.39, 0.29) is 42.1 Å². The van der Waals surface area contributed by atoms with Crippen molar-refractivity contribution in [1.82, 2.24) is 60.3 Å². The van der Waals surface area contributed by atoms with Crippen LogP contribution in [0.25, 0.3) is 44.5 Å². The SMILES string of the molecule is CN1[CH-]N(C2(c3[c-]c(C4(c5cc[n-]n5)c5ccccc5-c5cccnc54)ccc3)c3ccccc3-c3cccnc32)c2nccnc21.CN1[CH-]N(C2(c3[c-]c(C4(c5cc[n-]n5)c5ccccc5-c5cccnc54)ccc3)c3ccccc3-c3cccnc32)c2nccnc21.[Pt].[Pt]. The largest absolute Gasteiger partial charge is 0.581 e. The maximum atomic E-state index is 5.13. The summed E-state index contributed by atoms with van der Waals surface area (Å²) < 4.78 is 0. The third kappa shape index (κ3) is 7.73. The Balaban J connectivity index is 0.000000142. The Morgan fingerprint density at radius 2 is 0.635 bits per heavy atom. The van der Waals surface area contributed by atoms with Gasteiger partial charge in [0.05, 0.1) is 44.7 Å². The second-order valence-corrected chi connectivity index (χ2v) is 24.1. The quantitative estimate of drug-likeness (QED) is 0.132. The molecular formula is C78H50N16Pt2-6. The summed E-state index contributed by atoms with van der Waals surface area (Å²) in [6.07, 6.45) is 17.9. The van der Waals surface area contributed by atoms with Gasteiger partial charge in [-0.2, -0.15) is 74.3 Å². The predicted molar refractivity (Wildman–Crippen MR) is 357 cm³/mol. The van der Waals surface area contributed by atoms with Crippen molar-refractivity contribution in [1.29, 1.82) is 0 Å². The Kier molecular flexibility index (Phi) is 13.7. The molecule has 2 aliphatic heterocycles. The van der Waals surface area contributed by atoms with E-state index in [4.69, 9.17) is 50.1 Å². The number of rotatable bonds is 8. The average molecular weight is 1600 g/mol. The van der Waals surface area contributed by atoms with Gasteiger partial charge in [-0.25, -0.2) is 19.9 Å². The van der Waals surface area contributed by atoms with Gasteiger partial charge in [0.15, 0.2) is 0 Å². The molecule has 4 unspecified atom stereocenters. The normalized spacial score (nSPS) is 19.6. The van der Waals surface area contributed by atoms with Crippen molar-refractivity contribution in [2.45, 2.75) is 21.9 Å². The Morgan fingerprint density at radius 3 is 1.02 bits per heavy atom. The third-order valence-electron chi connectivity index (χ3n) is 19.7. The van der Waals surface area contributed by atoms with E-state index in [0.717, 1.165) is 146 Å². The number of fused-ring (bicyclic) bond motifs is 14. The molecule has 96 heavy (non-hydrogen) atoms. The van der Waals surface area contributed by atoms with Crippen LogP contribution in [0.3, 0.4) is 0 Å². The van der Waals surface area contributed by atoms with Crippen LogP contribution in [0, 0.1) is 25.5 Å². The van der Waals surface area contributed by atoms with E-state index in [1.807, 2.05) is 85.1 Å². The Labute approximate surface area is 581 Å². The minimum absolute atomic E-state index is 0. The second kappa shape index (κ2) is 22.4. The zero-order valence-electron chi connectivity index (χ0n) is 51.2. The molecular weight excluding hydrogens is 1550 g/mol. The van der Waals surface area contributed by atoms with Crippen molar-refractivity contribution >= 4 is 23.3 Å². The van der Waals surface area contributed by atoms with Gasteiger partial charge in [-0.1, -0.05) is 133 Å². The van der Waals surface area contributed by atoms with Crippen molar-refractivity contribution in [3.05, 3.63) is 360 Å². The molecule has 14 aromatic rings. The summed E-state index contributed by atoms with van der Waals surface area (Å²) in [6.45, 7) is 4.15. The minimum Gasteiger partial charge on any atom is -0.581 e. The molecule has 0 saturated carbocycles. The molecule has 6 aliphatic rings. The van der Waals surface area contributed by atoms with Crippen molar-refractivity contribution in [3.8, 4) is 44.5 Å². The molecule has 20 rings (SSSR count). The fourth-order valence-electron chi connectivity index (χ4n) is 16.2. The minimum atomic E-state index is -0.914. The number of hydrogen-bond acceptors (Lipinski definition) is 14. The molecule has 18 heteroatoms. The molecule has 0 N–H and O–H groups in total. The molecule has 0 spiro atoms. The summed E-state index contributed by atoms with van der Waals surface area (Å²) in [5, 5.41) is 18.1. The smallest absolute Gasteiger partial charge is 0.142 e. The Bertz CT molecular complexity index is 4860. The van der Waals surface area contributed by atoms with Crippen LogP contribution in [0.1, 0.15) is 78.7 Å². The number of benzene rings is 6. The molecule has 16 nitrogen and oxygen atoms in total. The zero-order valence-corrected chi connectivity index (χ0v) is 55.7. The van der Waals surface area contributed by atoms with Crippen LogP contribution in [0.15, 0.2) is 256 Å². The first-order valence-electron chi connectivity index (χ1n) is 31.0. The van der Waals surface area contributed by atoms with Crippen LogP contribution in [0.5, 0.6) is 0 Å². The van der Waals surface area contributed by atoms with E-state index in [0.29, 0.717) is 0 Å². The maximum absolute atomic E-state index is 5.13. The number of aromatic nitrogens is 12. The summed E-state index contributed by atoms with van der Waals surface area (Å²) in [6, 6.07) is 75.5. The van der Waals surface area contributed by atoms with Crippen LogP contribution in [0.4, 0.5) is 23.3 Å². The summed E-state index contributed by atoms with van der Waals surface area (Å²) >= 11 is 0. The van der Waals surface area contributed by atoms with E-state index in [9.17, 15) is 0 Å². The maximum Gasteiger partial charge on any atom is 0.142 e. The molecule has 0 bridgehead atoms. The molecule has 0 radical (unpaired) electrons. The molecule has 4 atom stereocenters. The molecule has 6 aromatic carbocycles. The molecule has 4 aliphatic carbocycles. The van der Waals surface area contributed by atoms with E-state index in [1.54, 1.807) is 37.2 Å². The molecule has 10 heterocycles. The molecule has 8 aromatic heterocycles. The summed E-state index contributed by atoms with van der Waals surface area (Å²) in [5.41, 5.74) is 18.6. The fraction of sp³-hybridized carbons (Fsp3) is 0.0769. The van der Waals surface area contributed by atoms with Crippen LogP contribution in [-0.2, 0) is 64.0 Å². The van der Waals surface area contributed by atoms with Gasteiger partial charge in [-0.05, 0) is 82.9 Å². The van der Waals surface area contributed by atoms with Crippen LogP contribution in [0.2, 0.25) is 0 Å². The van der Waals surface area contributed by atoms with E-state index < -0.39 is 21.9 Å². The van der Waals surface area contributed by atoms with Gasteiger partial charge >= 0.3 is 0 Å². The van der Waals surface area contributed by atoms with Gasteiger partial charge < -0.3 is 40.0 Å². The standard InChI is InChI=1S/2C39H25N8.2Pt/c2*1-46-24-47(37-36(46)42-21-22-43-37)39(32-16-5-3-12-28(32)30-14-8-19-41-35(30)39)26-10-6-9-25(23-26)38(33-17-20-44-45-33)31-15-4-2-11-27(31)29-13-7-18-40-34(29)38;;/h2*2-22,24H,1H3;;/q2*-3;;. The van der Waals surface area contributed by atoms with Crippen LogP contribution in [-0.4, -0.2) is 64.2 Å². The van der Waals surface area contributed by atoms with Crippen LogP contribution < -0.4 is 29.8 Å². The number of hydrogen-bond donors (Lipinski definition) is 0. The second-order valence-electron chi connectivity index (χ2n) is 24.1. The van der Waals surface area contributed by atoms with Crippen molar-refractivity contribution in [3.63, 3.8) is 0 Å². The Hall–Kier alpha value is -10.9.